The number of nitrogens with zero attached hydrogens (tertiary/aromatic N) is 2. The van der Waals surface area contributed by atoms with Gasteiger partial charge in [0.2, 0.25) is 5.91 Å². The number of carbonyl (C=O) groups is 1. The second-order valence-corrected chi connectivity index (χ2v) is 6.98. The molecule has 0 aliphatic heterocycles. The third kappa shape index (κ3) is 5.22. The fraction of sp³-hybridized carbons (Fsp3) is 0.300. The third-order valence-corrected chi connectivity index (χ3v) is 5.13. The molecule has 0 fully saturated rings. The van der Waals surface area contributed by atoms with Gasteiger partial charge in [0.25, 0.3) is 0 Å². The molecule has 1 N–H and O–H groups in total. The molecule has 0 radical (unpaired) electrons. The minimum atomic E-state index is -2.83. The quantitative estimate of drug-likeness (QED) is 0.545. The zero-order chi connectivity index (χ0) is 19.9. The van der Waals surface area contributed by atoms with E-state index in [2.05, 4.69) is 26.5 Å². The van der Waals surface area contributed by atoms with E-state index in [9.17, 15) is 13.6 Å². The molecule has 0 saturated heterocycles. The molecule has 148 valence electrons. The van der Waals surface area contributed by atoms with Crippen LogP contribution in [-0.4, -0.2) is 34.4 Å². The van der Waals surface area contributed by atoms with E-state index in [-0.39, 0.29) is 17.4 Å². The number of halogens is 2. The number of hydrogen-bond donors (Lipinski definition) is 1. The highest BCUT2D eigenvalue weighted by atomic mass is 32.2. The number of aryl methyl sites for hydroxylation is 1. The maximum Gasteiger partial charge on any atom is 0.387 e. The SMILES string of the molecule is CCn1c(SCC(=O)NCCc2ccc(OC(F)F)cc2)nc2ccccc21. The van der Waals surface area contributed by atoms with Gasteiger partial charge >= 0.3 is 6.61 Å². The average molecular weight is 405 g/mol. The fourth-order valence-electron chi connectivity index (χ4n) is 2.83. The summed E-state index contributed by atoms with van der Waals surface area (Å²) in [4.78, 5) is 16.7. The van der Waals surface area contributed by atoms with Gasteiger partial charge in [0.15, 0.2) is 5.16 Å². The normalized spacial score (nSPS) is 11.1. The smallest absolute Gasteiger partial charge is 0.387 e. The Morgan fingerprint density at radius 2 is 1.96 bits per heavy atom. The minimum absolute atomic E-state index is 0.0719. The number of imidazole rings is 1. The number of nitrogens with one attached hydrogen (secondary N) is 1. The summed E-state index contributed by atoms with van der Waals surface area (Å²) in [7, 11) is 0. The largest absolute Gasteiger partial charge is 0.435 e. The Kier molecular flexibility index (Phi) is 6.86. The van der Waals surface area contributed by atoms with Gasteiger partial charge in [-0.05, 0) is 43.2 Å². The van der Waals surface area contributed by atoms with Crippen LogP contribution in [-0.2, 0) is 17.8 Å². The van der Waals surface area contributed by atoms with Crippen LogP contribution in [0.1, 0.15) is 12.5 Å². The van der Waals surface area contributed by atoms with Crippen LogP contribution in [0.15, 0.2) is 53.7 Å². The molecule has 1 amide bonds. The van der Waals surface area contributed by atoms with Crippen LogP contribution in [0.5, 0.6) is 5.75 Å². The van der Waals surface area contributed by atoms with E-state index in [0.717, 1.165) is 28.3 Å². The predicted molar refractivity (Wildman–Crippen MR) is 106 cm³/mol. The Labute approximate surface area is 166 Å². The molecular weight excluding hydrogens is 384 g/mol. The molecule has 0 spiro atoms. The van der Waals surface area contributed by atoms with Gasteiger partial charge in [-0.2, -0.15) is 8.78 Å². The van der Waals surface area contributed by atoms with Crippen molar-refractivity contribution in [2.24, 2.45) is 0 Å². The van der Waals surface area contributed by atoms with Gasteiger partial charge in [0.05, 0.1) is 16.8 Å². The highest BCUT2D eigenvalue weighted by Crippen LogP contribution is 2.23. The van der Waals surface area contributed by atoms with Gasteiger partial charge in [-0.3, -0.25) is 4.79 Å². The first-order valence-corrected chi connectivity index (χ1v) is 9.94. The first-order chi connectivity index (χ1) is 13.6. The molecule has 0 atom stereocenters. The lowest BCUT2D eigenvalue weighted by Crippen LogP contribution is -2.27. The number of para-hydroxylation sites is 2. The van der Waals surface area contributed by atoms with Crippen LogP contribution in [0, 0.1) is 0 Å². The predicted octanol–water partition coefficient (Wildman–Crippen LogP) is 4.11. The molecule has 5 nitrogen and oxygen atoms in total. The highest BCUT2D eigenvalue weighted by molar-refractivity contribution is 7.99. The van der Waals surface area contributed by atoms with Crippen molar-refractivity contribution >= 4 is 28.7 Å². The number of hydrogen-bond acceptors (Lipinski definition) is 4. The Bertz CT molecular complexity index is 929. The third-order valence-electron chi connectivity index (χ3n) is 4.15. The lowest BCUT2D eigenvalue weighted by atomic mass is 10.1. The molecule has 8 heteroatoms. The van der Waals surface area contributed by atoms with E-state index in [1.165, 1.54) is 23.9 Å². The summed E-state index contributed by atoms with van der Waals surface area (Å²) < 4.78 is 30.7. The zero-order valence-electron chi connectivity index (χ0n) is 15.4. The van der Waals surface area contributed by atoms with E-state index in [1.54, 1.807) is 12.1 Å². The first kappa shape index (κ1) is 20.1. The topological polar surface area (TPSA) is 56.2 Å². The van der Waals surface area contributed by atoms with E-state index in [4.69, 9.17) is 0 Å². The number of thioether (sulfide) groups is 1. The molecule has 1 heterocycles. The summed E-state index contributed by atoms with van der Waals surface area (Å²) in [6.07, 6.45) is 0.610. The number of amides is 1. The second kappa shape index (κ2) is 9.54. The number of alkyl halides is 2. The van der Waals surface area contributed by atoms with Gasteiger partial charge in [-0.1, -0.05) is 36.0 Å². The van der Waals surface area contributed by atoms with Crippen LogP contribution in [0.2, 0.25) is 0 Å². The van der Waals surface area contributed by atoms with Crippen molar-refractivity contribution in [3.63, 3.8) is 0 Å². The van der Waals surface area contributed by atoms with Crippen molar-refractivity contribution in [2.45, 2.75) is 31.7 Å². The lowest BCUT2D eigenvalue weighted by Gasteiger charge is -2.08. The number of aromatic nitrogens is 2. The molecule has 2 aromatic carbocycles. The van der Waals surface area contributed by atoms with Gasteiger partial charge in [0.1, 0.15) is 5.75 Å². The minimum Gasteiger partial charge on any atom is -0.435 e. The number of rotatable bonds is 9. The van der Waals surface area contributed by atoms with E-state index in [1.807, 2.05) is 24.3 Å². The van der Waals surface area contributed by atoms with Crippen molar-refractivity contribution in [2.75, 3.05) is 12.3 Å². The van der Waals surface area contributed by atoms with Crippen molar-refractivity contribution in [1.29, 1.82) is 0 Å². The lowest BCUT2D eigenvalue weighted by molar-refractivity contribution is -0.118. The molecular formula is C20H21F2N3O2S. The average Bonchev–Trinajstić information content (AvgIpc) is 3.05. The molecule has 0 bridgehead atoms. The fourth-order valence-corrected chi connectivity index (χ4v) is 3.74. The molecule has 0 aliphatic carbocycles. The maximum absolute atomic E-state index is 12.1. The molecule has 0 aliphatic rings. The van der Waals surface area contributed by atoms with Crippen LogP contribution < -0.4 is 10.1 Å². The summed E-state index contributed by atoms with van der Waals surface area (Å²) in [5.41, 5.74) is 2.92. The first-order valence-electron chi connectivity index (χ1n) is 8.95. The van der Waals surface area contributed by atoms with E-state index < -0.39 is 6.61 Å². The monoisotopic (exact) mass is 405 g/mol. The molecule has 28 heavy (non-hydrogen) atoms. The molecule has 3 rings (SSSR count). The van der Waals surface area contributed by atoms with Gasteiger partial charge in [-0.25, -0.2) is 4.98 Å². The zero-order valence-corrected chi connectivity index (χ0v) is 16.2. The number of benzene rings is 2. The summed E-state index contributed by atoms with van der Waals surface area (Å²) in [5, 5.41) is 3.70. The van der Waals surface area contributed by atoms with E-state index >= 15 is 0 Å². The standard InChI is InChI=1S/C20H21F2N3O2S/c1-2-25-17-6-4-3-5-16(17)24-20(25)28-13-18(26)23-12-11-14-7-9-15(10-8-14)27-19(21)22/h3-10,19H,2,11-13H2,1H3,(H,23,26). The molecule has 3 aromatic rings. The molecule has 0 unspecified atom stereocenters. The van der Waals surface area contributed by atoms with Crippen LogP contribution in [0.25, 0.3) is 11.0 Å². The van der Waals surface area contributed by atoms with Crippen LogP contribution in [0.3, 0.4) is 0 Å². The van der Waals surface area contributed by atoms with Gasteiger partial charge in [-0.15, -0.1) is 0 Å². The highest BCUT2D eigenvalue weighted by Gasteiger charge is 2.11. The van der Waals surface area contributed by atoms with Crippen LogP contribution >= 0.6 is 11.8 Å². The molecule has 1 aromatic heterocycles. The van der Waals surface area contributed by atoms with Crippen molar-refractivity contribution in [3.05, 3.63) is 54.1 Å². The van der Waals surface area contributed by atoms with Crippen molar-refractivity contribution in [1.82, 2.24) is 14.9 Å². The number of carbonyl (C=O) groups excluding carboxylic acids is 1. The maximum atomic E-state index is 12.1. The Balaban J connectivity index is 1.46. The number of fused-ring (bicyclic) bond motifs is 1. The van der Waals surface area contributed by atoms with Crippen LogP contribution in [0.4, 0.5) is 8.78 Å². The van der Waals surface area contributed by atoms with Crippen molar-refractivity contribution in [3.8, 4) is 5.75 Å². The Morgan fingerprint density at radius 3 is 2.68 bits per heavy atom. The van der Waals surface area contributed by atoms with E-state index in [0.29, 0.717) is 13.0 Å². The van der Waals surface area contributed by atoms with Crippen molar-refractivity contribution < 1.29 is 18.3 Å². The van der Waals surface area contributed by atoms with Gasteiger partial charge < -0.3 is 14.6 Å². The summed E-state index contributed by atoms with van der Waals surface area (Å²) in [5.74, 6) is 0.333. The Morgan fingerprint density at radius 1 is 1.21 bits per heavy atom. The number of ether oxygens (including phenoxy) is 1. The summed E-state index contributed by atoms with van der Waals surface area (Å²) in [6.45, 7) is 0.480. The Hall–Kier alpha value is -2.61. The van der Waals surface area contributed by atoms with Gasteiger partial charge in [0, 0.05) is 13.1 Å². The second-order valence-electron chi connectivity index (χ2n) is 6.04. The summed E-state index contributed by atoms with van der Waals surface area (Å²) in [6, 6.07) is 14.3. The summed E-state index contributed by atoms with van der Waals surface area (Å²) >= 11 is 1.41. The molecule has 0 saturated carbocycles.